The molecule has 5 nitrogen and oxygen atoms in total. The van der Waals surface area contributed by atoms with Gasteiger partial charge in [0.05, 0.1) is 17.9 Å². The summed E-state index contributed by atoms with van der Waals surface area (Å²) in [5, 5.41) is 9.54. The van der Waals surface area contributed by atoms with Crippen LogP contribution in [0.2, 0.25) is 0 Å². The van der Waals surface area contributed by atoms with Crippen molar-refractivity contribution in [3.05, 3.63) is 75.1 Å². The van der Waals surface area contributed by atoms with E-state index in [4.69, 9.17) is 4.74 Å². The van der Waals surface area contributed by atoms with E-state index < -0.39 is 23.1 Å². The molecule has 0 saturated carbocycles. The second-order valence-corrected chi connectivity index (χ2v) is 10.2. The fourth-order valence-electron chi connectivity index (χ4n) is 5.16. The van der Waals surface area contributed by atoms with Crippen LogP contribution in [0.4, 0.5) is 13.2 Å². The van der Waals surface area contributed by atoms with Crippen molar-refractivity contribution in [3.8, 4) is 28.1 Å². The minimum atomic E-state index is -4.43. The number of ether oxygens (including phenoxy) is 1. The summed E-state index contributed by atoms with van der Waals surface area (Å²) in [6.45, 7) is 6.67. The average molecular weight is 483 g/mol. The minimum Gasteiger partial charge on any atom is -0.492 e. The van der Waals surface area contributed by atoms with E-state index >= 15 is 0 Å². The highest BCUT2D eigenvalue weighted by atomic mass is 19.4. The number of halogens is 3. The average Bonchev–Trinajstić information content (AvgIpc) is 3.26. The molecule has 0 fully saturated rings. The number of hydrogen-bond donors (Lipinski definition) is 1. The van der Waals surface area contributed by atoms with Gasteiger partial charge in [-0.05, 0) is 41.2 Å². The second kappa shape index (κ2) is 7.73. The van der Waals surface area contributed by atoms with E-state index in [9.17, 15) is 27.9 Å². The van der Waals surface area contributed by atoms with Crippen molar-refractivity contribution in [2.24, 2.45) is 5.41 Å². The number of fused-ring (bicyclic) bond motifs is 5. The molecule has 0 radical (unpaired) electrons. The molecule has 2 aromatic carbocycles. The first-order valence-corrected chi connectivity index (χ1v) is 11.4. The summed E-state index contributed by atoms with van der Waals surface area (Å²) in [6.07, 6.45) is -1.75. The lowest BCUT2D eigenvalue weighted by Gasteiger charge is -2.39. The molecule has 0 aliphatic carbocycles. The molecule has 2 aliphatic rings. The Bertz CT molecular complexity index is 1410. The van der Waals surface area contributed by atoms with Crippen molar-refractivity contribution in [2.75, 3.05) is 6.61 Å². The highest BCUT2D eigenvalue weighted by Gasteiger charge is 2.37. The Hall–Kier alpha value is -3.55. The first kappa shape index (κ1) is 23.2. The Morgan fingerprint density at radius 1 is 1.06 bits per heavy atom. The largest absolute Gasteiger partial charge is 0.492 e. The number of aromatic nitrogens is 1. The highest BCUT2D eigenvalue weighted by molar-refractivity contribution is 5.88. The zero-order chi connectivity index (χ0) is 25.3. The van der Waals surface area contributed by atoms with Crippen LogP contribution in [0.25, 0.3) is 22.4 Å². The van der Waals surface area contributed by atoms with Crippen LogP contribution in [0, 0.1) is 5.41 Å². The van der Waals surface area contributed by atoms with Crippen LogP contribution in [0.3, 0.4) is 0 Å². The van der Waals surface area contributed by atoms with Gasteiger partial charge in [0.1, 0.15) is 11.3 Å². The molecule has 35 heavy (non-hydrogen) atoms. The Labute approximate surface area is 199 Å². The lowest BCUT2D eigenvalue weighted by molar-refractivity contribution is -0.137. The zero-order valence-electron chi connectivity index (χ0n) is 19.5. The van der Waals surface area contributed by atoms with Crippen LogP contribution in [0.5, 0.6) is 5.75 Å². The molecule has 8 heteroatoms. The molecule has 0 spiro atoms. The summed E-state index contributed by atoms with van der Waals surface area (Å²) in [7, 11) is 0. The number of alkyl halides is 3. The third-order valence-corrected chi connectivity index (χ3v) is 6.94. The van der Waals surface area contributed by atoms with Crippen molar-refractivity contribution in [3.63, 3.8) is 0 Å². The maximum absolute atomic E-state index is 13.1. The number of carboxylic acids is 1. The van der Waals surface area contributed by atoms with E-state index in [1.165, 1.54) is 24.4 Å². The van der Waals surface area contributed by atoms with Crippen LogP contribution in [-0.4, -0.2) is 22.2 Å². The Morgan fingerprint density at radius 2 is 1.74 bits per heavy atom. The molecule has 1 N–H and O–H groups in total. The quantitative estimate of drug-likeness (QED) is 0.487. The van der Waals surface area contributed by atoms with Gasteiger partial charge in [-0.15, -0.1) is 0 Å². The van der Waals surface area contributed by atoms with Gasteiger partial charge in [-0.2, -0.15) is 13.2 Å². The standard InChI is InChI=1S/C27H24F3NO4/c1-26(2,3)23-11-18-16-8-9-35-24(16)17(14-4-6-15(7-5-14)27(28,29)30)10-19(18)21-12-22(32)20(25(33)34)13-31(21)23/h4-7,10,12-13,23H,8-9,11H2,1-3H3,(H,33,34)/t23-/m0/s1. The van der Waals surface area contributed by atoms with E-state index in [1.54, 1.807) is 0 Å². The van der Waals surface area contributed by atoms with Gasteiger partial charge >= 0.3 is 12.1 Å². The van der Waals surface area contributed by atoms with Crippen molar-refractivity contribution >= 4 is 5.97 Å². The van der Waals surface area contributed by atoms with E-state index in [2.05, 4.69) is 20.8 Å². The fourth-order valence-corrected chi connectivity index (χ4v) is 5.16. The van der Waals surface area contributed by atoms with Crippen LogP contribution in [-0.2, 0) is 19.0 Å². The van der Waals surface area contributed by atoms with Crippen LogP contribution in [0.1, 0.15) is 53.9 Å². The second-order valence-electron chi connectivity index (χ2n) is 10.2. The predicted octanol–water partition coefficient (Wildman–Crippen LogP) is 5.98. The maximum atomic E-state index is 13.1. The summed E-state index contributed by atoms with van der Waals surface area (Å²) < 4.78 is 47.1. The fraction of sp³-hybridized carbons (Fsp3) is 0.333. The monoisotopic (exact) mass is 483 g/mol. The predicted molar refractivity (Wildman–Crippen MR) is 125 cm³/mol. The molecule has 3 heterocycles. The molecular weight excluding hydrogens is 459 g/mol. The molecule has 2 aliphatic heterocycles. The number of carboxylic acid groups (broad SMARTS) is 1. The van der Waals surface area contributed by atoms with E-state index in [0.29, 0.717) is 42.0 Å². The lowest BCUT2D eigenvalue weighted by Crippen LogP contribution is -2.33. The molecular formula is C27H24F3NO4. The number of benzene rings is 2. The van der Waals surface area contributed by atoms with Crippen LogP contribution in [0.15, 0.2) is 47.4 Å². The van der Waals surface area contributed by atoms with Gasteiger partial charge in [-0.1, -0.05) is 32.9 Å². The smallest absolute Gasteiger partial charge is 0.416 e. The molecule has 3 aromatic rings. The molecule has 0 unspecified atom stereocenters. The third kappa shape index (κ3) is 3.81. The Kier molecular flexibility index (Phi) is 5.12. The molecule has 5 rings (SSSR count). The summed E-state index contributed by atoms with van der Waals surface area (Å²) in [6, 6.07) is 8.05. The van der Waals surface area contributed by atoms with E-state index in [0.717, 1.165) is 28.8 Å². The molecule has 1 aromatic heterocycles. The van der Waals surface area contributed by atoms with Gasteiger partial charge in [0.15, 0.2) is 5.43 Å². The number of rotatable bonds is 2. The normalized spacial score (nSPS) is 16.8. The van der Waals surface area contributed by atoms with Crippen molar-refractivity contribution in [2.45, 2.75) is 45.8 Å². The number of pyridine rings is 1. The Morgan fingerprint density at radius 3 is 2.34 bits per heavy atom. The van der Waals surface area contributed by atoms with Crippen LogP contribution >= 0.6 is 0 Å². The summed E-state index contributed by atoms with van der Waals surface area (Å²) >= 11 is 0. The minimum absolute atomic E-state index is 0.106. The summed E-state index contributed by atoms with van der Waals surface area (Å²) in [5.74, 6) is -0.620. The number of hydrogen-bond acceptors (Lipinski definition) is 3. The van der Waals surface area contributed by atoms with Crippen molar-refractivity contribution in [1.29, 1.82) is 0 Å². The highest BCUT2D eigenvalue weighted by Crippen LogP contribution is 2.49. The third-order valence-electron chi connectivity index (χ3n) is 6.94. The zero-order valence-corrected chi connectivity index (χ0v) is 19.5. The maximum Gasteiger partial charge on any atom is 0.416 e. The summed E-state index contributed by atoms with van der Waals surface area (Å²) in [5.41, 5.74) is 2.79. The first-order chi connectivity index (χ1) is 16.4. The molecule has 0 bridgehead atoms. The van der Waals surface area contributed by atoms with Gasteiger partial charge < -0.3 is 14.4 Å². The van der Waals surface area contributed by atoms with Gasteiger partial charge in [0.2, 0.25) is 0 Å². The van der Waals surface area contributed by atoms with E-state index in [-0.39, 0.29) is 17.0 Å². The van der Waals surface area contributed by atoms with Gasteiger partial charge in [-0.25, -0.2) is 4.79 Å². The number of carbonyl (C=O) groups is 1. The molecule has 1 atom stereocenters. The molecule has 0 saturated heterocycles. The topological polar surface area (TPSA) is 68.5 Å². The van der Waals surface area contributed by atoms with Gasteiger partial charge in [0, 0.05) is 41.4 Å². The van der Waals surface area contributed by atoms with Crippen molar-refractivity contribution in [1.82, 2.24) is 4.57 Å². The molecule has 0 amide bonds. The molecule has 182 valence electrons. The number of aromatic carboxylic acids is 1. The van der Waals surface area contributed by atoms with E-state index in [1.807, 2.05) is 10.6 Å². The van der Waals surface area contributed by atoms with Gasteiger partial charge in [0.25, 0.3) is 0 Å². The summed E-state index contributed by atoms with van der Waals surface area (Å²) in [4.78, 5) is 24.4. The van der Waals surface area contributed by atoms with Crippen LogP contribution < -0.4 is 10.2 Å². The number of nitrogens with zero attached hydrogens (tertiary/aromatic N) is 1. The SMILES string of the molecule is CC(C)(C)[C@@H]1Cc2c(cc(-c3ccc(C(F)(F)F)cc3)c3c2CCO3)-c2cc(=O)c(C(=O)O)cn21. The lowest BCUT2D eigenvalue weighted by atomic mass is 9.76. The van der Waals surface area contributed by atoms with Crippen molar-refractivity contribution < 1.29 is 27.8 Å². The van der Waals surface area contributed by atoms with Gasteiger partial charge in [-0.3, -0.25) is 4.79 Å². The first-order valence-electron chi connectivity index (χ1n) is 11.4. The Balaban J connectivity index is 1.76.